The molecule has 1 aromatic rings. The predicted octanol–water partition coefficient (Wildman–Crippen LogP) is 2.49. The van der Waals surface area contributed by atoms with Gasteiger partial charge in [0.15, 0.2) is 5.96 Å². The Hall–Kier alpha value is -1.42. The first-order valence-corrected chi connectivity index (χ1v) is 10.9. The third-order valence-corrected chi connectivity index (χ3v) is 5.79. The molecule has 0 unspecified atom stereocenters. The molecule has 1 amide bonds. The van der Waals surface area contributed by atoms with Crippen molar-refractivity contribution in [2.24, 2.45) is 10.9 Å². The summed E-state index contributed by atoms with van der Waals surface area (Å²) in [6.45, 7) is 8.79. The summed E-state index contributed by atoms with van der Waals surface area (Å²) in [5, 5.41) is 6.61. The summed E-state index contributed by atoms with van der Waals surface area (Å²) in [7, 11) is 0. The number of amides is 1. The Balaban J connectivity index is 0.00000320. The average Bonchev–Trinajstić information content (AvgIpc) is 2.68. The third kappa shape index (κ3) is 7.68. The maximum absolute atomic E-state index is 13.0. The molecule has 0 atom stereocenters. The van der Waals surface area contributed by atoms with E-state index in [9.17, 15) is 9.18 Å². The van der Waals surface area contributed by atoms with Gasteiger partial charge in [0, 0.05) is 51.7 Å². The molecule has 1 aromatic carbocycles. The van der Waals surface area contributed by atoms with Gasteiger partial charge in [0.2, 0.25) is 5.91 Å². The molecule has 30 heavy (non-hydrogen) atoms. The number of guanidine groups is 1. The molecule has 1 aliphatic carbocycles. The van der Waals surface area contributed by atoms with Crippen LogP contribution in [0.5, 0.6) is 0 Å². The van der Waals surface area contributed by atoms with Crippen molar-refractivity contribution in [1.29, 1.82) is 0 Å². The number of piperazine rings is 1. The average molecular weight is 531 g/mol. The molecule has 1 saturated heterocycles. The molecular weight excluding hydrogens is 496 g/mol. The van der Waals surface area contributed by atoms with Crippen LogP contribution in [0, 0.1) is 11.7 Å². The quantitative estimate of drug-likeness (QED) is 0.308. The Kier molecular flexibility index (Phi) is 10.8. The lowest BCUT2D eigenvalue weighted by Crippen LogP contribution is -2.51. The molecule has 0 bridgehead atoms. The summed E-state index contributed by atoms with van der Waals surface area (Å²) in [6, 6.07) is 6.62. The Morgan fingerprint density at radius 3 is 2.43 bits per heavy atom. The van der Waals surface area contributed by atoms with E-state index in [1.54, 1.807) is 0 Å². The summed E-state index contributed by atoms with van der Waals surface area (Å²) in [4.78, 5) is 21.4. The number of carbonyl (C=O) groups excluding carboxylic acids is 1. The molecule has 1 heterocycles. The molecule has 1 aliphatic heterocycles. The van der Waals surface area contributed by atoms with E-state index >= 15 is 0 Å². The predicted molar refractivity (Wildman–Crippen MR) is 130 cm³/mol. The van der Waals surface area contributed by atoms with Gasteiger partial charge in [0.05, 0.1) is 6.54 Å². The fourth-order valence-electron chi connectivity index (χ4n) is 3.73. The summed E-state index contributed by atoms with van der Waals surface area (Å²) in [5.41, 5.74) is 1.10. The van der Waals surface area contributed by atoms with Gasteiger partial charge in [-0.25, -0.2) is 4.39 Å². The van der Waals surface area contributed by atoms with Crippen LogP contribution >= 0.6 is 24.0 Å². The van der Waals surface area contributed by atoms with Crippen molar-refractivity contribution >= 4 is 35.8 Å². The van der Waals surface area contributed by atoms with E-state index in [-0.39, 0.29) is 29.8 Å². The molecular formula is C22H35FIN5O. The van der Waals surface area contributed by atoms with Gasteiger partial charge in [0.25, 0.3) is 0 Å². The summed E-state index contributed by atoms with van der Waals surface area (Å²) < 4.78 is 13.0. The maximum Gasteiger partial charge on any atom is 0.225 e. The van der Waals surface area contributed by atoms with Gasteiger partial charge in [-0.05, 0) is 43.9 Å². The fourth-order valence-corrected chi connectivity index (χ4v) is 3.73. The SMILES string of the molecule is CCNC(=NCCN1CCN(C(=O)C2CCC2)CC1)NCCc1ccc(F)cc1.I. The van der Waals surface area contributed by atoms with Gasteiger partial charge in [0.1, 0.15) is 5.82 Å². The van der Waals surface area contributed by atoms with Gasteiger partial charge in [-0.1, -0.05) is 18.6 Å². The number of carbonyl (C=O) groups is 1. The Morgan fingerprint density at radius 1 is 1.13 bits per heavy atom. The topological polar surface area (TPSA) is 60.0 Å². The molecule has 2 N–H and O–H groups in total. The van der Waals surface area contributed by atoms with E-state index in [2.05, 4.69) is 27.4 Å². The minimum Gasteiger partial charge on any atom is -0.357 e. The van der Waals surface area contributed by atoms with E-state index in [0.29, 0.717) is 11.8 Å². The number of hydrogen-bond donors (Lipinski definition) is 2. The van der Waals surface area contributed by atoms with Crippen molar-refractivity contribution in [3.8, 4) is 0 Å². The first-order valence-electron chi connectivity index (χ1n) is 10.9. The Bertz CT molecular complexity index is 673. The highest BCUT2D eigenvalue weighted by Crippen LogP contribution is 2.28. The van der Waals surface area contributed by atoms with Crippen molar-refractivity contribution in [3.63, 3.8) is 0 Å². The van der Waals surface area contributed by atoms with E-state index in [1.165, 1.54) is 18.6 Å². The largest absolute Gasteiger partial charge is 0.357 e. The molecule has 1 saturated carbocycles. The molecule has 6 nitrogen and oxygen atoms in total. The van der Waals surface area contributed by atoms with Gasteiger partial charge < -0.3 is 15.5 Å². The normalized spacial score (nSPS) is 17.8. The number of benzene rings is 1. The monoisotopic (exact) mass is 531 g/mol. The van der Waals surface area contributed by atoms with Crippen molar-refractivity contribution in [1.82, 2.24) is 20.4 Å². The van der Waals surface area contributed by atoms with Crippen LogP contribution in [0.25, 0.3) is 0 Å². The first kappa shape index (κ1) is 24.8. The second-order valence-electron chi connectivity index (χ2n) is 7.86. The van der Waals surface area contributed by atoms with E-state index in [0.717, 1.165) is 83.1 Å². The molecule has 8 heteroatoms. The molecule has 3 rings (SSSR count). The zero-order chi connectivity index (χ0) is 20.5. The highest BCUT2D eigenvalue weighted by atomic mass is 127. The lowest BCUT2D eigenvalue weighted by molar-refractivity contribution is -0.139. The first-order chi connectivity index (χ1) is 14.2. The molecule has 168 valence electrons. The summed E-state index contributed by atoms with van der Waals surface area (Å²) in [5.74, 6) is 1.28. The number of nitrogens with zero attached hydrogens (tertiary/aromatic N) is 3. The molecule has 2 aliphatic rings. The number of rotatable bonds is 8. The van der Waals surface area contributed by atoms with Crippen LogP contribution in [-0.2, 0) is 11.2 Å². The van der Waals surface area contributed by atoms with E-state index < -0.39 is 0 Å². The van der Waals surface area contributed by atoms with Crippen molar-refractivity contribution < 1.29 is 9.18 Å². The zero-order valence-electron chi connectivity index (χ0n) is 17.9. The molecule has 0 radical (unpaired) electrons. The standard InChI is InChI=1S/C22H34FN5O.HI/c1-2-24-22(25-11-10-18-6-8-20(23)9-7-18)26-12-13-27-14-16-28(17-15-27)21(29)19-4-3-5-19;/h6-9,19H,2-5,10-17H2,1H3,(H2,24,25,26);1H. The van der Waals surface area contributed by atoms with E-state index in [4.69, 9.17) is 0 Å². The van der Waals surface area contributed by atoms with E-state index in [1.807, 2.05) is 17.0 Å². The lowest BCUT2D eigenvalue weighted by Gasteiger charge is -2.38. The molecule has 0 spiro atoms. The highest BCUT2D eigenvalue weighted by Gasteiger charge is 2.30. The Morgan fingerprint density at radius 2 is 1.83 bits per heavy atom. The van der Waals surface area contributed by atoms with Crippen LogP contribution in [0.2, 0.25) is 0 Å². The van der Waals surface area contributed by atoms with Gasteiger partial charge in [-0.3, -0.25) is 14.7 Å². The number of halogens is 2. The van der Waals surface area contributed by atoms with Crippen LogP contribution in [-0.4, -0.2) is 74.0 Å². The smallest absolute Gasteiger partial charge is 0.225 e. The second kappa shape index (κ2) is 13.1. The number of hydrogen-bond acceptors (Lipinski definition) is 3. The third-order valence-electron chi connectivity index (χ3n) is 5.79. The van der Waals surface area contributed by atoms with Crippen LogP contribution in [0.1, 0.15) is 31.7 Å². The molecule has 2 fully saturated rings. The highest BCUT2D eigenvalue weighted by molar-refractivity contribution is 14.0. The van der Waals surface area contributed by atoms with Crippen molar-refractivity contribution in [3.05, 3.63) is 35.6 Å². The van der Waals surface area contributed by atoms with Crippen LogP contribution in [0.3, 0.4) is 0 Å². The molecule has 0 aromatic heterocycles. The lowest BCUT2D eigenvalue weighted by atomic mass is 9.84. The minimum absolute atomic E-state index is 0. The number of aliphatic imine (C=N–C) groups is 1. The van der Waals surface area contributed by atoms with Crippen molar-refractivity contribution in [2.45, 2.75) is 32.6 Å². The van der Waals surface area contributed by atoms with Gasteiger partial charge in [-0.15, -0.1) is 24.0 Å². The zero-order valence-corrected chi connectivity index (χ0v) is 20.2. The van der Waals surface area contributed by atoms with Crippen LogP contribution in [0.15, 0.2) is 29.3 Å². The van der Waals surface area contributed by atoms with Gasteiger partial charge >= 0.3 is 0 Å². The maximum atomic E-state index is 13.0. The van der Waals surface area contributed by atoms with Gasteiger partial charge in [-0.2, -0.15) is 0 Å². The second-order valence-corrected chi connectivity index (χ2v) is 7.86. The fraction of sp³-hybridized carbons (Fsp3) is 0.636. The number of nitrogens with one attached hydrogen (secondary N) is 2. The van der Waals surface area contributed by atoms with Crippen LogP contribution in [0.4, 0.5) is 4.39 Å². The van der Waals surface area contributed by atoms with Crippen LogP contribution < -0.4 is 10.6 Å². The minimum atomic E-state index is -0.204. The summed E-state index contributed by atoms with van der Waals surface area (Å²) >= 11 is 0. The Labute approximate surface area is 196 Å². The van der Waals surface area contributed by atoms with Crippen molar-refractivity contribution in [2.75, 3.05) is 52.4 Å². The summed E-state index contributed by atoms with van der Waals surface area (Å²) in [6.07, 6.45) is 4.19.